The van der Waals surface area contributed by atoms with Gasteiger partial charge in [0, 0.05) is 13.1 Å². The molecule has 1 atom stereocenters. The van der Waals surface area contributed by atoms with Crippen LogP contribution in [-0.4, -0.2) is 57.9 Å². The summed E-state index contributed by atoms with van der Waals surface area (Å²) in [5.41, 5.74) is 2.34. The summed E-state index contributed by atoms with van der Waals surface area (Å²) < 4.78 is 34.2. The number of aryl methyl sites for hydroxylation is 1. The van der Waals surface area contributed by atoms with Crippen molar-refractivity contribution in [2.24, 2.45) is 5.92 Å². The lowest BCUT2D eigenvalue weighted by molar-refractivity contribution is -0.139. The Bertz CT molecular complexity index is 1380. The van der Waals surface area contributed by atoms with Gasteiger partial charge in [0.15, 0.2) is 0 Å². The van der Waals surface area contributed by atoms with E-state index in [9.17, 15) is 18.0 Å². The Morgan fingerprint density at radius 1 is 0.927 bits per heavy atom. The van der Waals surface area contributed by atoms with Crippen molar-refractivity contribution in [3.63, 3.8) is 0 Å². The number of nitrogens with zero attached hydrogens (tertiary/aromatic N) is 2. The second-order valence-corrected chi connectivity index (χ2v) is 12.3. The molecule has 0 saturated heterocycles. The van der Waals surface area contributed by atoms with Gasteiger partial charge < -0.3 is 15.0 Å². The van der Waals surface area contributed by atoms with Gasteiger partial charge in [-0.15, -0.1) is 0 Å². The van der Waals surface area contributed by atoms with Crippen molar-refractivity contribution >= 4 is 27.5 Å². The first-order valence-electron chi connectivity index (χ1n) is 13.9. The summed E-state index contributed by atoms with van der Waals surface area (Å²) >= 11 is 0. The molecule has 1 unspecified atom stereocenters. The SMILES string of the molecule is CCC(C(=O)NCC(C)C)N(CCc1ccccc1)C(=O)CN(c1ccc(C)cc1)S(=O)(=O)c1ccc(OC)cc1. The zero-order valence-electron chi connectivity index (χ0n) is 24.5. The maximum atomic E-state index is 14.1. The standard InChI is InChI=1S/C32H41N3O5S/c1-6-30(32(37)33-22-24(2)3)34(21-20-26-10-8-7-9-11-26)31(36)23-35(27-14-12-25(4)13-15-27)41(38,39)29-18-16-28(40-5)17-19-29/h7-19,24,30H,6,20-23H2,1-5H3,(H,33,37). The molecule has 220 valence electrons. The Labute approximate surface area is 244 Å². The van der Waals surface area contributed by atoms with Crippen molar-refractivity contribution in [2.45, 2.75) is 51.5 Å². The van der Waals surface area contributed by atoms with Crippen LogP contribution in [0.5, 0.6) is 5.75 Å². The molecule has 9 heteroatoms. The molecule has 0 fully saturated rings. The molecule has 41 heavy (non-hydrogen) atoms. The Morgan fingerprint density at radius 2 is 1.56 bits per heavy atom. The van der Waals surface area contributed by atoms with Gasteiger partial charge in [0.05, 0.1) is 17.7 Å². The van der Waals surface area contributed by atoms with Crippen LogP contribution in [0.1, 0.15) is 38.3 Å². The van der Waals surface area contributed by atoms with Crippen molar-refractivity contribution in [3.05, 3.63) is 90.0 Å². The molecule has 0 heterocycles. The number of ether oxygens (including phenoxy) is 1. The summed E-state index contributed by atoms with van der Waals surface area (Å²) in [6.45, 7) is 8.06. The van der Waals surface area contributed by atoms with Crippen LogP contribution >= 0.6 is 0 Å². The number of nitrogens with one attached hydrogen (secondary N) is 1. The average Bonchev–Trinajstić information content (AvgIpc) is 2.97. The second-order valence-electron chi connectivity index (χ2n) is 10.4. The van der Waals surface area contributed by atoms with Crippen LogP contribution < -0.4 is 14.4 Å². The molecule has 0 saturated carbocycles. The first-order chi connectivity index (χ1) is 19.6. The highest BCUT2D eigenvalue weighted by atomic mass is 32.2. The Kier molecular flexibility index (Phi) is 11.3. The number of hydrogen-bond donors (Lipinski definition) is 1. The number of carbonyl (C=O) groups is 2. The molecule has 8 nitrogen and oxygen atoms in total. The molecule has 0 aliphatic carbocycles. The highest BCUT2D eigenvalue weighted by molar-refractivity contribution is 7.92. The summed E-state index contributed by atoms with van der Waals surface area (Å²) in [6.07, 6.45) is 0.913. The lowest BCUT2D eigenvalue weighted by Crippen LogP contribution is -2.53. The zero-order chi connectivity index (χ0) is 30.0. The monoisotopic (exact) mass is 579 g/mol. The topological polar surface area (TPSA) is 96.0 Å². The van der Waals surface area contributed by atoms with E-state index in [1.807, 2.05) is 58.0 Å². The van der Waals surface area contributed by atoms with Crippen molar-refractivity contribution < 1.29 is 22.7 Å². The van der Waals surface area contributed by atoms with Crippen LogP contribution in [0.2, 0.25) is 0 Å². The average molecular weight is 580 g/mol. The maximum absolute atomic E-state index is 14.1. The molecule has 0 aliphatic rings. The molecule has 3 aromatic carbocycles. The van der Waals surface area contributed by atoms with Gasteiger partial charge in [-0.1, -0.05) is 68.8 Å². The molecule has 0 aromatic heterocycles. The number of carbonyl (C=O) groups excluding carboxylic acids is 2. The van der Waals surface area contributed by atoms with E-state index in [-0.39, 0.29) is 23.3 Å². The van der Waals surface area contributed by atoms with Crippen LogP contribution in [0, 0.1) is 12.8 Å². The van der Waals surface area contributed by atoms with E-state index in [0.717, 1.165) is 15.4 Å². The summed E-state index contributed by atoms with van der Waals surface area (Å²) in [6, 6.07) is 22.0. The maximum Gasteiger partial charge on any atom is 0.264 e. The van der Waals surface area contributed by atoms with Gasteiger partial charge in [0.25, 0.3) is 10.0 Å². The molecule has 1 N–H and O–H groups in total. The molecule has 2 amide bonds. The first-order valence-corrected chi connectivity index (χ1v) is 15.3. The normalized spacial score (nSPS) is 12.0. The number of amides is 2. The van der Waals surface area contributed by atoms with Gasteiger partial charge in [0.2, 0.25) is 11.8 Å². The minimum absolute atomic E-state index is 0.0317. The Morgan fingerprint density at radius 3 is 2.12 bits per heavy atom. The molecule has 0 bridgehead atoms. The molecule has 0 aliphatic heterocycles. The van der Waals surface area contributed by atoms with Crippen LogP contribution in [0.25, 0.3) is 0 Å². The summed E-state index contributed by atoms with van der Waals surface area (Å²) in [5.74, 6) is 0.0661. The number of rotatable bonds is 14. The fraction of sp³-hybridized carbons (Fsp3) is 0.375. The van der Waals surface area contributed by atoms with E-state index in [1.165, 1.54) is 24.1 Å². The van der Waals surface area contributed by atoms with Gasteiger partial charge in [0.1, 0.15) is 18.3 Å². The van der Waals surface area contributed by atoms with E-state index in [4.69, 9.17) is 4.74 Å². The Balaban J connectivity index is 1.99. The third-order valence-corrected chi connectivity index (χ3v) is 8.59. The quantitative estimate of drug-likeness (QED) is 0.295. The predicted molar refractivity (Wildman–Crippen MR) is 162 cm³/mol. The molecule has 3 rings (SSSR count). The van der Waals surface area contributed by atoms with Crippen LogP contribution in [0.3, 0.4) is 0 Å². The van der Waals surface area contributed by atoms with Gasteiger partial charge >= 0.3 is 0 Å². The third kappa shape index (κ3) is 8.57. The van der Waals surface area contributed by atoms with Crippen molar-refractivity contribution in [3.8, 4) is 5.75 Å². The number of sulfonamides is 1. The van der Waals surface area contributed by atoms with Crippen LogP contribution in [0.4, 0.5) is 5.69 Å². The number of anilines is 1. The fourth-order valence-corrected chi connectivity index (χ4v) is 5.85. The molecule has 0 radical (unpaired) electrons. The summed E-state index contributed by atoms with van der Waals surface area (Å²) in [4.78, 5) is 28.9. The second kappa shape index (κ2) is 14.7. The van der Waals surface area contributed by atoms with E-state index in [2.05, 4.69) is 5.32 Å². The van der Waals surface area contributed by atoms with E-state index < -0.39 is 28.5 Å². The predicted octanol–water partition coefficient (Wildman–Crippen LogP) is 4.82. The van der Waals surface area contributed by atoms with Crippen LogP contribution in [-0.2, 0) is 26.0 Å². The van der Waals surface area contributed by atoms with Crippen molar-refractivity contribution in [1.29, 1.82) is 0 Å². The van der Waals surface area contributed by atoms with Gasteiger partial charge in [-0.05, 0) is 67.6 Å². The third-order valence-electron chi connectivity index (χ3n) is 6.80. The number of methoxy groups -OCH3 is 1. The van der Waals surface area contributed by atoms with Crippen molar-refractivity contribution in [2.75, 3.05) is 31.0 Å². The first kappa shape index (κ1) is 31.7. The summed E-state index contributed by atoms with van der Waals surface area (Å²) in [5, 5.41) is 2.95. The molecular formula is C32H41N3O5S. The minimum Gasteiger partial charge on any atom is -0.497 e. The highest BCUT2D eigenvalue weighted by Gasteiger charge is 2.33. The largest absolute Gasteiger partial charge is 0.497 e. The fourth-order valence-electron chi connectivity index (χ4n) is 4.43. The lowest BCUT2D eigenvalue weighted by atomic mass is 10.1. The number of benzene rings is 3. The lowest BCUT2D eigenvalue weighted by Gasteiger charge is -2.33. The highest BCUT2D eigenvalue weighted by Crippen LogP contribution is 2.26. The molecule has 0 spiro atoms. The van der Waals surface area contributed by atoms with E-state index in [1.54, 1.807) is 36.4 Å². The van der Waals surface area contributed by atoms with Gasteiger partial charge in [-0.3, -0.25) is 13.9 Å². The Hall–Kier alpha value is -3.85. The zero-order valence-corrected chi connectivity index (χ0v) is 25.4. The van der Waals surface area contributed by atoms with Crippen molar-refractivity contribution in [1.82, 2.24) is 10.2 Å². The molecular weight excluding hydrogens is 538 g/mol. The van der Waals surface area contributed by atoms with Crippen LogP contribution in [0.15, 0.2) is 83.8 Å². The molecule has 3 aromatic rings. The van der Waals surface area contributed by atoms with Gasteiger partial charge in [-0.2, -0.15) is 0 Å². The minimum atomic E-state index is -4.13. The summed E-state index contributed by atoms with van der Waals surface area (Å²) in [7, 11) is -2.63. The smallest absolute Gasteiger partial charge is 0.264 e. The van der Waals surface area contributed by atoms with E-state index in [0.29, 0.717) is 30.8 Å². The van der Waals surface area contributed by atoms with E-state index >= 15 is 0 Å². The number of hydrogen-bond acceptors (Lipinski definition) is 5. The van der Waals surface area contributed by atoms with Gasteiger partial charge in [-0.25, -0.2) is 8.42 Å².